The molecule has 1 unspecified atom stereocenters. The highest BCUT2D eigenvalue weighted by molar-refractivity contribution is 5.73. The molecule has 0 heterocycles. The van der Waals surface area contributed by atoms with Gasteiger partial charge in [-0.3, -0.25) is 10.2 Å². The third-order valence-corrected chi connectivity index (χ3v) is 2.19. The number of carboxylic acid groups (broad SMARTS) is 1. The molecule has 0 saturated carbocycles. The number of nitrogens with one attached hydrogen (secondary N) is 1. The zero-order valence-corrected chi connectivity index (χ0v) is 11.8. The lowest BCUT2D eigenvalue weighted by Gasteiger charge is -2.07. The number of rotatable bonds is 6. The number of carbonyl (C=O) groups is 1. The highest BCUT2D eigenvalue weighted by Crippen LogP contribution is 2.10. The van der Waals surface area contributed by atoms with Crippen molar-refractivity contribution >= 4 is 17.9 Å². The van der Waals surface area contributed by atoms with Crippen LogP contribution in [0.25, 0.3) is 0 Å². The quantitative estimate of drug-likeness (QED) is 0.544. The maximum Gasteiger partial charge on any atom is 0.320 e. The zero-order valence-electron chi connectivity index (χ0n) is 11.8. The lowest BCUT2D eigenvalue weighted by Crippen LogP contribution is -2.32. The van der Waals surface area contributed by atoms with Crippen LogP contribution in [0.5, 0.6) is 0 Å². The second-order valence-corrected chi connectivity index (χ2v) is 3.68. The van der Waals surface area contributed by atoms with Gasteiger partial charge in [0.2, 0.25) is 0 Å². The van der Waals surface area contributed by atoms with Gasteiger partial charge in [-0.1, -0.05) is 32.9 Å². The number of nitrogens with zero attached hydrogens (tertiary/aromatic N) is 1. The van der Waals surface area contributed by atoms with E-state index in [9.17, 15) is 4.79 Å². The normalized spacial score (nSPS) is 11.6. The Morgan fingerprint density at radius 3 is 2.47 bits per heavy atom. The summed E-state index contributed by atoms with van der Waals surface area (Å²) in [7, 11) is 0. The summed E-state index contributed by atoms with van der Waals surface area (Å²) in [5.74, 6) is -0.986. The van der Waals surface area contributed by atoms with Crippen molar-refractivity contribution in [3.05, 3.63) is 29.8 Å². The lowest BCUT2D eigenvalue weighted by atomic mass is 10.1. The molecule has 0 amide bonds. The number of hydrazone groups is 1. The second-order valence-electron chi connectivity index (χ2n) is 3.68. The van der Waals surface area contributed by atoms with E-state index in [0.717, 1.165) is 17.7 Å². The Hall–Kier alpha value is -1.88. The SMILES string of the molecule is CC.CC/C=N/Nc1ccc(CC(N)C(=O)O)cc1. The molecule has 0 saturated heterocycles. The van der Waals surface area contributed by atoms with Crippen molar-refractivity contribution in [3.8, 4) is 0 Å². The Kier molecular flexibility index (Phi) is 9.08. The van der Waals surface area contributed by atoms with Gasteiger partial charge in [-0.2, -0.15) is 5.10 Å². The van der Waals surface area contributed by atoms with Crippen LogP contribution in [-0.4, -0.2) is 23.3 Å². The van der Waals surface area contributed by atoms with Gasteiger partial charge in [-0.25, -0.2) is 0 Å². The monoisotopic (exact) mass is 265 g/mol. The molecule has 1 aromatic carbocycles. The Bertz CT molecular complexity index is 388. The maximum atomic E-state index is 10.6. The van der Waals surface area contributed by atoms with E-state index in [1.807, 2.05) is 45.0 Å². The molecule has 1 rings (SSSR count). The van der Waals surface area contributed by atoms with Gasteiger partial charge < -0.3 is 10.8 Å². The minimum Gasteiger partial charge on any atom is -0.480 e. The van der Waals surface area contributed by atoms with Crippen molar-refractivity contribution in [2.45, 2.75) is 39.7 Å². The van der Waals surface area contributed by atoms with E-state index in [0.29, 0.717) is 6.42 Å². The summed E-state index contributed by atoms with van der Waals surface area (Å²) >= 11 is 0. The predicted molar refractivity (Wildman–Crippen MR) is 79.5 cm³/mol. The molecule has 0 radical (unpaired) electrons. The topological polar surface area (TPSA) is 87.7 Å². The summed E-state index contributed by atoms with van der Waals surface area (Å²) in [4.78, 5) is 10.6. The molecule has 0 fully saturated rings. The van der Waals surface area contributed by atoms with Gasteiger partial charge >= 0.3 is 5.97 Å². The number of benzene rings is 1. The van der Waals surface area contributed by atoms with Crippen LogP contribution in [0.3, 0.4) is 0 Å². The Morgan fingerprint density at radius 2 is 2.00 bits per heavy atom. The number of hydrogen-bond acceptors (Lipinski definition) is 4. The minimum atomic E-state index is -0.986. The van der Waals surface area contributed by atoms with Gasteiger partial charge in [-0.15, -0.1) is 0 Å². The van der Waals surface area contributed by atoms with E-state index >= 15 is 0 Å². The predicted octanol–water partition coefficient (Wildman–Crippen LogP) is 2.47. The largest absolute Gasteiger partial charge is 0.480 e. The Morgan fingerprint density at radius 1 is 1.42 bits per heavy atom. The molecular formula is C14H23N3O2. The molecular weight excluding hydrogens is 242 g/mol. The Labute approximate surface area is 114 Å². The fourth-order valence-corrected chi connectivity index (χ4v) is 1.27. The first-order valence-electron chi connectivity index (χ1n) is 6.48. The molecule has 0 spiro atoms. The highest BCUT2D eigenvalue weighted by Gasteiger charge is 2.11. The van der Waals surface area contributed by atoms with E-state index < -0.39 is 12.0 Å². The van der Waals surface area contributed by atoms with Gasteiger partial charge in [0.15, 0.2) is 0 Å². The summed E-state index contributed by atoms with van der Waals surface area (Å²) < 4.78 is 0. The number of nitrogens with two attached hydrogens (primary N) is 1. The van der Waals surface area contributed by atoms with Gasteiger partial charge in [0, 0.05) is 6.21 Å². The van der Waals surface area contributed by atoms with Crippen LogP contribution in [0.2, 0.25) is 0 Å². The molecule has 1 atom stereocenters. The molecule has 0 aliphatic rings. The highest BCUT2D eigenvalue weighted by atomic mass is 16.4. The smallest absolute Gasteiger partial charge is 0.320 e. The number of carboxylic acids is 1. The van der Waals surface area contributed by atoms with Gasteiger partial charge in [0.25, 0.3) is 0 Å². The van der Waals surface area contributed by atoms with E-state index in [1.165, 1.54) is 0 Å². The van der Waals surface area contributed by atoms with Crippen molar-refractivity contribution in [1.29, 1.82) is 0 Å². The van der Waals surface area contributed by atoms with Crippen LogP contribution in [0.15, 0.2) is 29.4 Å². The Balaban J connectivity index is 0.00000154. The summed E-state index contributed by atoms with van der Waals surface area (Å²) in [6, 6.07) is 6.51. The molecule has 1 aromatic rings. The number of hydrogen-bond donors (Lipinski definition) is 3. The van der Waals surface area contributed by atoms with Crippen LogP contribution < -0.4 is 11.2 Å². The van der Waals surface area contributed by atoms with Crippen LogP contribution in [0.1, 0.15) is 32.8 Å². The molecule has 19 heavy (non-hydrogen) atoms. The zero-order chi connectivity index (χ0) is 14.7. The van der Waals surface area contributed by atoms with Crippen molar-refractivity contribution in [2.75, 3.05) is 5.43 Å². The first-order chi connectivity index (χ1) is 9.13. The average molecular weight is 265 g/mol. The van der Waals surface area contributed by atoms with Gasteiger partial charge in [0.1, 0.15) is 6.04 Å². The standard InChI is InChI=1S/C12H17N3O2.C2H6/c1-2-7-14-15-10-5-3-9(4-6-10)8-11(13)12(16)17;1-2/h3-7,11,15H,2,8,13H2,1H3,(H,16,17);1-2H3/b14-7+;. The molecule has 5 nitrogen and oxygen atoms in total. The van der Waals surface area contributed by atoms with Gasteiger partial charge in [0.05, 0.1) is 5.69 Å². The summed E-state index contributed by atoms with van der Waals surface area (Å²) in [5, 5.41) is 12.7. The van der Waals surface area contributed by atoms with E-state index in [2.05, 4.69) is 10.5 Å². The van der Waals surface area contributed by atoms with Crippen molar-refractivity contribution in [2.24, 2.45) is 10.8 Å². The molecule has 4 N–H and O–H groups in total. The van der Waals surface area contributed by atoms with Crippen LogP contribution >= 0.6 is 0 Å². The third-order valence-electron chi connectivity index (χ3n) is 2.19. The van der Waals surface area contributed by atoms with E-state index in [1.54, 1.807) is 6.21 Å². The molecule has 0 bridgehead atoms. The molecule has 5 heteroatoms. The second kappa shape index (κ2) is 10.1. The summed E-state index contributed by atoms with van der Waals surface area (Å²) in [6.45, 7) is 6.00. The first kappa shape index (κ1) is 17.1. The number of anilines is 1. The number of aliphatic carboxylic acids is 1. The lowest BCUT2D eigenvalue weighted by molar-refractivity contribution is -0.138. The van der Waals surface area contributed by atoms with E-state index in [4.69, 9.17) is 10.8 Å². The van der Waals surface area contributed by atoms with E-state index in [-0.39, 0.29) is 0 Å². The average Bonchev–Trinajstić information content (AvgIpc) is 2.43. The first-order valence-corrected chi connectivity index (χ1v) is 6.48. The van der Waals surface area contributed by atoms with Crippen LogP contribution in [-0.2, 0) is 11.2 Å². The molecule has 0 aromatic heterocycles. The molecule has 0 aliphatic carbocycles. The van der Waals surface area contributed by atoms with Gasteiger partial charge in [-0.05, 0) is 30.5 Å². The van der Waals surface area contributed by atoms with Crippen molar-refractivity contribution in [1.82, 2.24) is 0 Å². The summed E-state index contributed by atoms with van der Waals surface area (Å²) in [6.07, 6.45) is 2.97. The summed E-state index contributed by atoms with van der Waals surface area (Å²) in [5.41, 5.74) is 10.1. The molecule has 0 aliphatic heterocycles. The van der Waals surface area contributed by atoms with Crippen molar-refractivity contribution < 1.29 is 9.90 Å². The third kappa shape index (κ3) is 7.21. The maximum absolute atomic E-state index is 10.6. The molecule has 106 valence electrons. The van der Waals surface area contributed by atoms with Crippen molar-refractivity contribution in [3.63, 3.8) is 0 Å². The van der Waals surface area contributed by atoms with Crippen LogP contribution in [0, 0.1) is 0 Å². The fraction of sp³-hybridized carbons (Fsp3) is 0.429. The fourth-order valence-electron chi connectivity index (χ4n) is 1.27. The minimum absolute atomic E-state index is 0.327. The van der Waals surface area contributed by atoms with Crippen LogP contribution in [0.4, 0.5) is 5.69 Å².